The Balaban J connectivity index is 1.41. The highest BCUT2D eigenvalue weighted by molar-refractivity contribution is 6.30. The van der Waals surface area contributed by atoms with Crippen molar-refractivity contribution in [3.05, 3.63) is 52.0 Å². The van der Waals surface area contributed by atoms with Crippen LogP contribution in [0.3, 0.4) is 0 Å². The van der Waals surface area contributed by atoms with Crippen LogP contribution in [0.15, 0.2) is 30.3 Å². The number of rotatable bonds is 4. The molecule has 2 aromatic carbocycles. The summed E-state index contributed by atoms with van der Waals surface area (Å²) in [6, 6.07) is 9.44. The Hall–Kier alpha value is -2.40. The minimum absolute atomic E-state index is 0.230. The molecule has 2 aromatic rings. The minimum atomic E-state index is -0.230. The first-order chi connectivity index (χ1) is 12.2. The normalized spacial score (nSPS) is 14.3. The lowest BCUT2D eigenvalue weighted by atomic mass is 10.0. The molecule has 25 heavy (non-hydrogen) atoms. The molecule has 130 valence electrons. The molecule has 2 amide bonds. The van der Waals surface area contributed by atoms with Crippen molar-refractivity contribution in [2.24, 2.45) is 0 Å². The lowest BCUT2D eigenvalue weighted by molar-refractivity contribution is 0.252. The van der Waals surface area contributed by atoms with Crippen LogP contribution in [0, 0.1) is 0 Å². The third-order valence-corrected chi connectivity index (χ3v) is 4.75. The van der Waals surface area contributed by atoms with E-state index < -0.39 is 0 Å². The van der Waals surface area contributed by atoms with Gasteiger partial charge in [-0.05, 0) is 30.2 Å². The zero-order chi connectivity index (χ0) is 17.2. The molecule has 2 aliphatic rings. The third-order valence-electron chi connectivity index (χ3n) is 4.50. The Labute approximate surface area is 151 Å². The van der Waals surface area contributed by atoms with Crippen molar-refractivity contribution >= 4 is 23.3 Å². The Morgan fingerprint density at radius 2 is 1.92 bits per heavy atom. The molecule has 0 spiro atoms. The Bertz CT molecular complexity index is 773. The van der Waals surface area contributed by atoms with Crippen LogP contribution in [0.4, 0.5) is 10.5 Å². The number of hydrogen-bond acceptors (Lipinski definition) is 3. The Kier molecular flexibility index (Phi) is 4.40. The van der Waals surface area contributed by atoms with Gasteiger partial charge < -0.3 is 20.1 Å². The second kappa shape index (κ2) is 6.84. The molecule has 0 atom stereocenters. The van der Waals surface area contributed by atoms with Gasteiger partial charge in [0.1, 0.15) is 11.5 Å². The summed E-state index contributed by atoms with van der Waals surface area (Å²) in [5, 5.41) is 6.57. The SMILES string of the molecule is O=C(NCCc1ccc(Cl)cc1)Nc1c2c(cc3c1OCC3)OCC2. The Morgan fingerprint density at radius 1 is 1.12 bits per heavy atom. The summed E-state index contributed by atoms with van der Waals surface area (Å²) in [6.07, 6.45) is 2.38. The van der Waals surface area contributed by atoms with Gasteiger partial charge in [0.25, 0.3) is 0 Å². The molecule has 0 bridgehead atoms. The highest BCUT2D eigenvalue weighted by atomic mass is 35.5. The van der Waals surface area contributed by atoms with E-state index in [9.17, 15) is 4.79 Å². The zero-order valence-corrected chi connectivity index (χ0v) is 14.5. The van der Waals surface area contributed by atoms with Crippen molar-refractivity contribution in [1.82, 2.24) is 5.32 Å². The van der Waals surface area contributed by atoms with Crippen LogP contribution in [-0.4, -0.2) is 25.8 Å². The van der Waals surface area contributed by atoms with E-state index in [1.807, 2.05) is 30.3 Å². The van der Waals surface area contributed by atoms with E-state index >= 15 is 0 Å². The number of urea groups is 1. The molecule has 2 heterocycles. The lowest BCUT2D eigenvalue weighted by Gasteiger charge is -2.14. The summed E-state index contributed by atoms with van der Waals surface area (Å²) in [4.78, 5) is 12.3. The molecule has 0 aromatic heterocycles. The second-order valence-electron chi connectivity index (χ2n) is 6.17. The molecule has 0 unspecified atom stereocenters. The quantitative estimate of drug-likeness (QED) is 0.878. The molecular formula is C19H19ClN2O3. The van der Waals surface area contributed by atoms with Crippen molar-refractivity contribution in [1.29, 1.82) is 0 Å². The summed E-state index contributed by atoms with van der Waals surface area (Å²) < 4.78 is 11.4. The van der Waals surface area contributed by atoms with Crippen LogP contribution in [0.1, 0.15) is 16.7 Å². The van der Waals surface area contributed by atoms with Crippen LogP contribution in [0.5, 0.6) is 11.5 Å². The number of nitrogens with one attached hydrogen (secondary N) is 2. The van der Waals surface area contributed by atoms with Crippen LogP contribution in [0.25, 0.3) is 0 Å². The predicted molar refractivity (Wildman–Crippen MR) is 97.0 cm³/mol. The first kappa shape index (κ1) is 16.1. The van der Waals surface area contributed by atoms with Crippen molar-refractivity contribution in [3.8, 4) is 11.5 Å². The fraction of sp³-hybridized carbons (Fsp3) is 0.316. The number of benzene rings is 2. The van der Waals surface area contributed by atoms with E-state index in [0.29, 0.717) is 24.8 Å². The van der Waals surface area contributed by atoms with Crippen LogP contribution in [0.2, 0.25) is 5.02 Å². The summed E-state index contributed by atoms with van der Waals surface area (Å²) in [5.41, 5.74) is 4.00. The number of fused-ring (bicyclic) bond motifs is 2. The molecule has 4 rings (SSSR count). The van der Waals surface area contributed by atoms with E-state index in [1.54, 1.807) is 0 Å². The molecule has 0 fully saturated rings. The lowest BCUT2D eigenvalue weighted by Crippen LogP contribution is -2.31. The number of carbonyl (C=O) groups is 1. The maximum absolute atomic E-state index is 12.3. The molecule has 0 saturated carbocycles. The van der Waals surface area contributed by atoms with Gasteiger partial charge in [-0.3, -0.25) is 0 Å². The van der Waals surface area contributed by atoms with E-state index in [4.69, 9.17) is 21.1 Å². The van der Waals surface area contributed by atoms with Gasteiger partial charge in [0, 0.05) is 35.5 Å². The average molecular weight is 359 g/mol. The zero-order valence-electron chi connectivity index (χ0n) is 13.7. The molecule has 5 nitrogen and oxygen atoms in total. The molecule has 6 heteroatoms. The maximum atomic E-state index is 12.3. The number of anilines is 1. The van der Waals surface area contributed by atoms with Crippen molar-refractivity contribution in [2.75, 3.05) is 25.1 Å². The van der Waals surface area contributed by atoms with Gasteiger partial charge >= 0.3 is 6.03 Å². The van der Waals surface area contributed by atoms with Gasteiger partial charge in [0.15, 0.2) is 0 Å². The van der Waals surface area contributed by atoms with E-state index in [2.05, 4.69) is 10.6 Å². The molecule has 2 aliphatic heterocycles. The number of amides is 2. The molecule has 0 saturated heterocycles. The predicted octanol–water partition coefficient (Wildman–Crippen LogP) is 3.57. The number of ether oxygens (including phenoxy) is 2. The van der Waals surface area contributed by atoms with Gasteiger partial charge in [0.2, 0.25) is 0 Å². The first-order valence-corrected chi connectivity index (χ1v) is 8.82. The van der Waals surface area contributed by atoms with Gasteiger partial charge in [0.05, 0.1) is 18.9 Å². The summed E-state index contributed by atoms with van der Waals surface area (Å²) in [7, 11) is 0. The summed E-state index contributed by atoms with van der Waals surface area (Å²) >= 11 is 5.88. The fourth-order valence-corrected chi connectivity index (χ4v) is 3.37. The maximum Gasteiger partial charge on any atom is 0.319 e. The second-order valence-corrected chi connectivity index (χ2v) is 6.61. The van der Waals surface area contributed by atoms with Crippen LogP contribution >= 0.6 is 11.6 Å². The van der Waals surface area contributed by atoms with E-state index in [-0.39, 0.29) is 6.03 Å². The highest BCUT2D eigenvalue weighted by Crippen LogP contribution is 2.44. The van der Waals surface area contributed by atoms with Gasteiger partial charge in [-0.25, -0.2) is 4.79 Å². The number of carbonyl (C=O) groups excluding carboxylic acids is 1. The van der Waals surface area contributed by atoms with Crippen LogP contribution in [-0.2, 0) is 19.3 Å². The monoisotopic (exact) mass is 358 g/mol. The summed E-state index contributed by atoms with van der Waals surface area (Å²) in [5.74, 6) is 1.65. The largest absolute Gasteiger partial charge is 0.493 e. The molecule has 2 N–H and O–H groups in total. The average Bonchev–Trinajstić information content (AvgIpc) is 3.25. The van der Waals surface area contributed by atoms with E-state index in [0.717, 1.165) is 53.1 Å². The highest BCUT2D eigenvalue weighted by Gasteiger charge is 2.27. The van der Waals surface area contributed by atoms with Crippen molar-refractivity contribution in [2.45, 2.75) is 19.3 Å². The van der Waals surface area contributed by atoms with Crippen molar-refractivity contribution in [3.63, 3.8) is 0 Å². The topological polar surface area (TPSA) is 59.6 Å². The first-order valence-electron chi connectivity index (χ1n) is 8.44. The standard InChI is InChI=1S/C19H19ClN2O3/c20-14-3-1-12(2-4-14)5-8-21-19(23)22-17-15-7-10-24-16(15)11-13-6-9-25-18(13)17/h1-4,11H,5-10H2,(H2,21,22,23). The number of halogens is 1. The smallest absolute Gasteiger partial charge is 0.319 e. The third kappa shape index (κ3) is 3.37. The fourth-order valence-electron chi connectivity index (χ4n) is 3.25. The molecular weight excluding hydrogens is 340 g/mol. The molecule has 0 aliphatic carbocycles. The van der Waals surface area contributed by atoms with Gasteiger partial charge in [-0.2, -0.15) is 0 Å². The Morgan fingerprint density at radius 3 is 2.76 bits per heavy atom. The number of hydrogen-bond donors (Lipinski definition) is 2. The molecule has 0 radical (unpaired) electrons. The van der Waals surface area contributed by atoms with Gasteiger partial charge in [-0.1, -0.05) is 23.7 Å². The van der Waals surface area contributed by atoms with Gasteiger partial charge in [-0.15, -0.1) is 0 Å². The minimum Gasteiger partial charge on any atom is -0.493 e. The van der Waals surface area contributed by atoms with E-state index in [1.165, 1.54) is 0 Å². The summed E-state index contributed by atoms with van der Waals surface area (Å²) in [6.45, 7) is 1.83. The van der Waals surface area contributed by atoms with Crippen LogP contribution < -0.4 is 20.1 Å². The van der Waals surface area contributed by atoms with Crippen molar-refractivity contribution < 1.29 is 14.3 Å².